The Morgan fingerprint density at radius 1 is 0.872 bits per heavy atom. The summed E-state index contributed by atoms with van der Waals surface area (Å²) in [4.78, 5) is 13.2. The van der Waals surface area contributed by atoms with Crippen LogP contribution in [0.3, 0.4) is 0 Å². The van der Waals surface area contributed by atoms with Gasteiger partial charge in [0, 0.05) is 0 Å². The zero-order valence-corrected chi connectivity index (χ0v) is 22.3. The molecular weight excluding hydrogens is 549 g/mol. The first kappa shape index (κ1) is 28.2. The standard InChI is InChI=1S/C29H24ClF3N2O3S/c1-20-12-14-22(15-13-20)28(21-8-4-2-5-9-21)34-27(36)19-35(39(37,38)24-10-6-3-7-11-24)26-18-23(29(31,32)33)16-17-25(26)30/h2-18,28H,19H2,1H3,(H,34,36)/t28-/m1/s1. The molecule has 0 spiro atoms. The number of nitrogens with zero attached hydrogens (tertiary/aromatic N) is 1. The van der Waals surface area contributed by atoms with E-state index in [-0.39, 0.29) is 9.92 Å². The van der Waals surface area contributed by atoms with E-state index in [4.69, 9.17) is 11.6 Å². The van der Waals surface area contributed by atoms with Gasteiger partial charge < -0.3 is 5.32 Å². The van der Waals surface area contributed by atoms with Gasteiger partial charge in [0.2, 0.25) is 5.91 Å². The Bertz CT molecular complexity index is 1550. The van der Waals surface area contributed by atoms with Gasteiger partial charge in [0.1, 0.15) is 6.54 Å². The van der Waals surface area contributed by atoms with Gasteiger partial charge in [0.05, 0.1) is 27.2 Å². The zero-order valence-electron chi connectivity index (χ0n) is 20.7. The minimum atomic E-state index is -4.76. The monoisotopic (exact) mass is 572 g/mol. The van der Waals surface area contributed by atoms with Gasteiger partial charge in [-0.1, -0.05) is 90.0 Å². The van der Waals surface area contributed by atoms with Crippen LogP contribution >= 0.6 is 11.6 Å². The molecule has 39 heavy (non-hydrogen) atoms. The van der Waals surface area contributed by atoms with Crippen molar-refractivity contribution in [2.45, 2.75) is 24.0 Å². The van der Waals surface area contributed by atoms with Crippen molar-refractivity contribution in [1.29, 1.82) is 0 Å². The number of carbonyl (C=O) groups is 1. The van der Waals surface area contributed by atoms with Crippen LogP contribution in [0, 0.1) is 6.92 Å². The molecule has 0 saturated carbocycles. The summed E-state index contributed by atoms with van der Waals surface area (Å²) in [7, 11) is -4.48. The van der Waals surface area contributed by atoms with E-state index in [9.17, 15) is 26.4 Å². The van der Waals surface area contributed by atoms with Gasteiger partial charge in [-0.2, -0.15) is 13.2 Å². The summed E-state index contributed by atoms with van der Waals surface area (Å²) >= 11 is 6.23. The van der Waals surface area contributed by atoms with Crippen LogP contribution in [0.2, 0.25) is 5.02 Å². The summed E-state index contributed by atoms with van der Waals surface area (Å²) in [6.45, 7) is 1.11. The van der Waals surface area contributed by atoms with Crippen LogP contribution in [0.25, 0.3) is 0 Å². The molecule has 0 radical (unpaired) electrons. The van der Waals surface area contributed by atoms with Crippen molar-refractivity contribution >= 4 is 33.2 Å². The molecule has 202 valence electrons. The molecule has 10 heteroatoms. The van der Waals surface area contributed by atoms with Crippen LogP contribution < -0.4 is 9.62 Å². The molecule has 4 aromatic rings. The largest absolute Gasteiger partial charge is 0.416 e. The molecule has 0 aliphatic carbocycles. The lowest BCUT2D eigenvalue weighted by molar-refractivity contribution is -0.137. The molecule has 0 unspecified atom stereocenters. The number of carbonyl (C=O) groups excluding carboxylic acids is 1. The van der Waals surface area contributed by atoms with Crippen molar-refractivity contribution in [2.75, 3.05) is 10.8 Å². The lowest BCUT2D eigenvalue weighted by Gasteiger charge is -2.27. The highest BCUT2D eigenvalue weighted by Crippen LogP contribution is 2.37. The van der Waals surface area contributed by atoms with Gasteiger partial charge in [-0.25, -0.2) is 8.42 Å². The molecule has 0 fully saturated rings. The van der Waals surface area contributed by atoms with Crippen molar-refractivity contribution in [3.63, 3.8) is 0 Å². The summed E-state index contributed by atoms with van der Waals surface area (Å²) in [6, 6.07) is 25.3. The van der Waals surface area contributed by atoms with Crippen LogP contribution in [-0.2, 0) is 21.0 Å². The Morgan fingerprint density at radius 2 is 1.44 bits per heavy atom. The smallest absolute Gasteiger partial charge is 0.344 e. The molecule has 1 amide bonds. The minimum Gasteiger partial charge on any atom is -0.344 e. The normalized spacial score (nSPS) is 12.5. The summed E-state index contributed by atoms with van der Waals surface area (Å²) in [6.07, 6.45) is -4.76. The number of rotatable bonds is 8. The molecule has 4 aromatic carbocycles. The first-order valence-corrected chi connectivity index (χ1v) is 13.6. The number of anilines is 1. The molecule has 5 nitrogen and oxygen atoms in total. The highest BCUT2D eigenvalue weighted by molar-refractivity contribution is 7.92. The molecule has 0 bridgehead atoms. The molecule has 1 N–H and O–H groups in total. The summed E-state index contributed by atoms with van der Waals surface area (Å²) in [5.74, 6) is -0.739. The fourth-order valence-corrected chi connectivity index (χ4v) is 5.72. The van der Waals surface area contributed by atoms with Crippen LogP contribution in [0.15, 0.2) is 108 Å². The molecule has 0 aromatic heterocycles. The van der Waals surface area contributed by atoms with E-state index < -0.39 is 45.9 Å². The molecule has 4 rings (SSSR count). The Hall–Kier alpha value is -3.82. The second-order valence-electron chi connectivity index (χ2n) is 8.81. The molecular formula is C29H24ClF3N2O3S. The maximum atomic E-state index is 13.7. The van der Waals surface area contributed by atoms with E-state index in [2.05, 4.69) is 5.32 Å². The summed E-state index contributed by atoms with van der Waals surface area (Å²) < 4.78 is 68.5. The number of sulfonamides is 1. The first-order chi connectivity index (χ1) is 18.5. The van der Waals surface area contributed by atoms with Crippen LogP contribution in [0.5, 0.6) is 0 Å². The van der Waals surface area contributed by atoms with Crippen molar-refractivity contribution in [3.05, 3.63) is 130 Å². The SMILES string of the molecule is Cc1ccc([C@H](NC(=O)CN(c2cc(C(F)(F)F)ccc2Cl)S(=O)(=O)c2ccccc2)c2ccccc2)cc1. The third kappa shape index (κ3) is 6.61. The zero-order chi connectivity index (χ0) is 28.2. The summed E-state index contributed by atoms with van der Waals surface area (Å²) in [5, 5.41) is 2.59. The second-order valence-corrected chi connectivity index (χ2v) is 11.1. The molecule has 0 aliphatic rings. The van der Waals surface area contributed by atoms with Crippen molar-refractivity contribution < 1.29 is 26.4 Å². The maximum Gasteiger partial charge on any atom is 0.416 e. The molecule has 0 heterocycles. The third-order valence-corrected chi connectivity index (χ3v) is 8.10. The lowest BCUT2D eigenvalue weighted by atomic mass is 9.98. The van der Waals surface area contributed by atoms with Gasteiger partial charge in [-0.05, 0) is 48.4 Å². The average molecular weight is 573 g/mol. The first-order valence-electron chi connectivity index (χ1n) is 11.8. The lowest BCUT2D eigenvalue weighted by Crippen LogP contribution is -2.42. The molecule has 0 aliphatic heterocycles. The number of amides is 1. The Morgan fingerprint density at radius 3 is 2.03 bits per heavy atom. The van der Waals surface area contributed by atoms with Crippen molar-refractivity contribution in [1.82, 2.24) is 5.32 Å². The van der Waals surface area contributed by atoms with E-state index in [1.165, 1.54) is 24.3 Å². The predicted molar refractivity (Wildman–Crippen MR) is 145 cm³/mol. The van der Waals surface area contributed by atoms with Crippen LogP contribution in [0.1, 0.15) is 28.3 Å². The molecule has 1 atom stereocenters. The third-order valence-electron chi connectivity index (χ3n) is 6.01. The Balaban J connectivity index is 1.75. The molecule has 0 saturated heterocycles. The Kier molecular flexibility index (Phi) is 8.32. The van der Waals surface area contributed by atoms with E-state index in [0.717, 1.165) is 28.8 Å². The van der Waals surface area contributed by atoms with E-state index in [0.29, 0.717) is 10.4 Å². The van der Waals surface area contributed by atoms with Crippen molar-refractivity contribution in [2.24, 2.45) is 0 Å². The Labute approximate surface area is 229 Å². The fourth-order valence-electron chi connectivity index (χ4n) is 4.00. The highest BCUT2D eigenvalue weighted by Gasteiger charge is 2.35. The van der Waals surface area contributed by atoms with Crippen LogP contribution in [0.4, 0.5) is 18.9 Å². The number of benzene rings is 4. The predicted octanol–water partition coefficient (Wildman–Crippen LogP) is 6.77. The fraction of sp³-hybridized carbons (Fsp3) is 0.138. The second kappa shape index (κ2) is 11.5. The van der Waals surface area contributed by atoms with E-state index in [1.54, 1.807) is 18.2 Å². The number of aryl methyl sites for hydroxylation is 1. The number of hydrogen-bond acceptors (Lipinski definition) is 3. The number of halogens is 4. The highest BCUT2D eigenvalue weighted by atomic mass is 35.5. The number of hydrogen-bond donors (Lipinski definition) is 1. The minimum absolute atomic E-state index is 0.204. The van der Waals surface area contributed by atoms with E-state index >= 15 is 0 Å². The average Bonchev–Trinajstić information content (AvgIpc) is 2.92. The number of alkyl halides is 3. The van der Waals surface area contributed by atoms with Gasteiger partial charge in [0.25, 0.3) is 10.0 Å². The van der Waals surface area contributed by atoms with Gasteiger partial charge in [-0.15, -0.1) is 0 Å². The van der Waals surface area contributed by atoms with Gasteiger partial charge >= 0.3 is 6.18 Å². The quantitative estimate of drug-likeness (QED) is 0.253. The maximum absolute atomic E-state index is 13.7. The van der Waals surface area contributed by atoms with Crippen molar-refractivity contribution in [3.8, 4) is 0 Å². The van der Waals surface area contributed by atoms with Crippen LogP contribution in [-0.4, -0.2) is 20.9 Å². The number of nitrogens with one attached hydrogen (secondary N) is 1. The van der Waals surface area contributed by atoms with Gasteiger partial charge in [0.15, 0.2) is 0 Å². The van der Waals surface area contributed by atoms with Gasteiger partial charge in [-0.3, -0.25) is 9.10 Å². The van der Waals surface area contributed by atoms with E-state index in [1.807, 2.05) is 49.4 Å². The topological polar surface area (TPSA) is 66.5 Å². The summed E-state index contributed by atoms with van der Waals surface area (Å²) in [5.41, 5.74) is 0.935.